The molecule has 0 saturated carbocycles. The standard InChI is InChI=1S/C18H25NO6/c1-4-23-17(21)11-10-15(18(22)24-5-2)19-12-14-8-6-7-9-16(14)25-13(3)20/h6-9,15,19H,4-5,10-12H2,1-3H3. The van der Waals surface area contributed by atoms with Crippen molar-refractivity contribution in [2.24, 2.45) is 0 Å². The molecule has 1 aromatic carbocycles. The molecule has 7 nitrogen and oxygen atoms in total. The van der Waals surface area contributed by atoms with Crippen molar-refractivity contribution >= 4 is 17.9 Å². The predicted octanol–water partition coefficient (Wildman–Crippen LogP) is 1.98. The first-order valence-corrected chi connectivity index (χ1v) is 8.29. The predicted molar refractivity (Wildman–Crippen MR) is 90.9 cm³/mol. The maximum Gasteiger partial charge on any atom is 0.323 e. The molecule has 0 fully saturated rings. The molecule has 0 radical (unpaired) electrons. The average molecular weight is 351 g/mol. The fraction of sp³-hybridized carbons (Fsp3) is 0.500. The number of carbonyl (C=O) groups is 3. The molecule has 0 aliphatic carbocycles. The zero-order chi connectivity index (χ0) is 18.7. The number of benzene rings is 1. The van der Waals surface area contributed by atoms with Crippen molar-refractivity contribution in [1.82, 2.24) is 5.32 Å². The summed E-state index contributed by atoms with van der Waals surface area (Å²) in [5.74, 6) is -0.789. The molecule has 0 aliphatic rings. The Hall–Kier alpha value is -2.41. The van der Waals surface area contributed by atoms with Gasteiger partial charge in [-0.25, -0.2) is 0 Å². The van der Waals surface area contributed by atoms with Gasteiger partial charge in [0.25, 0.3) is 0 Å². The smallest absolute Gasteiger partial charge is 0.323 e. The SMILES string of the molecule is CCOC(=O)CCC(NCc1ccccc1OC(C)=O)C(=O)OCC. The molecule has 0 aromatic heterocycles. The lowest BCUT2D eigenvalue weighted by molar-refractivity contribution is -0.147. The molecule has 138 valence electrons. The number of hydrogen-bond donors (Lipinski definition) is 1. The lowest BCUT2D eigenvalue weighted by Crippen LogP contribution is -2.38. The highest BCUT2D eigenvalue weighted by molar-refractivity contribution is 5.77. The van der Waals surface area contributed by atoms with Crippen molar-refractivity contribution in [2.75, 3.05) is 13.2 Å². The first kappa shape index (κ1) is 20.6. The average Bonchev–Trinajstić information content (AvgIpc) is 2.56. The number of carbonyl (C=O) groups excluding carboxylic acids is 3. The summed E-state index contributed by atoms with van der Waals surface area (Å²) in [5.41, 5.74) is 0.725. The Bertz CT molecular complexity index is 587. The Morgan fingerprint density at radius 1 is 1.08 bits per heavy atom. The van der Waals surface area contributed by atoms with Crippen LogP contribution in [-0.4, -0.2) is 37.2 Å². The van der Waals surface area contributed by atoms with E-state index in [1.807, 2.05) is 6.07 Å². The van der Waals surface area contributed by atoms with Crippen LogP contribution in [0.1, 0.15) is 39.2 Å². The van der Waals surface area contributed by atoms with E-state index < -0.39 is 18.0 Å². The van der Waals surface area contributed by atoms with Gasteiger partial charge in [0, 0.05) is 25.5 Å². The van der Waals surface area contributed by atoms with Crippen LogP contribution in [-0.2, 0) is 30.4 Å². The van der Waals surface area contributed by atoms with Gasteiger partial charge in [-0.05, 0) is 26.3 Å². The largest absolute Gasteiger partial charge is 0.466 e. The first-order valence-electron chi connectivity index (χ1n) is 8.29. The quantitative estimate of drug-likeness (QED) is 0.509. The maximum atomic E-state index is 12.1. The first-order chi connectivity index (χ1) is 12.0. The molecule has 1 rings (SSSR count). The molecule has 1 unspecified atom stereocenters. The summed E-state index contributed by atoms with van der Waals surface area (Å²) in [4.78, 5) is 34.8. The third-order valence-electron chi connectivity index (χ3n) is 3.28. The van der Waals surface area contributed by atoms with Crippen molar-refractivity contribution in [3.63, 3.8) is 0 Å². The topological polar surface area (TPSA) is 90.9 Å². The molecular weight excluding hydrogens is 326 g/mol. The van der Waals surface area contributed by atoms with Crippen molar-refractivity contribution in [2.45, 2.75) is 46.2 Å². The summed E-state index contributed by atoms with van der Waals surface area (Å²) in [6, 6.07) is 6.37. The van der Waals surface area contributed by atoms with E-state index in [1.54, 1.807) is 32.0 Å². The number of ether oxygens (including phenoxy) is 3. The van der Waals surface area contributed by atoms with Gasteiger partial charge in [-0.2, -0.15) is 0 Å². The van der Waals surface area contributed by atoms with Crippen LogP contribution in [0.15, 0.2) is 24.3 Å². The van der Waals surface area contributed by atoms with Crippen LogP contribution in [0.2, 0.25) is 0 Å². The van der Waals surface area contributed by atoms with Crippen LogP contribution in [0.4, 0.5) is 0 Å². The maximum absolute atomic E-state index is 12.1. The van der Waals surface area contributed by atoms with Gasteiger partial charge < -0.3 is 19.5 Å². The summed E-state index contributed by atoms with van der Waals surface area (Å²) in [6.45, 7) is 5.61. The minimum absolute atomic E-state index is 0.107. The van der Waals surface area contributed by atoms with Gasteiger partial charge >= 0.3 is 17.9 Å². The number of rotatable bonds is 10. The lowest BCUT2D eigenvalue weighted by Gasteiger charge is -2.18. The second-order valence-electron chi connectivity index (χ2n) is 5.23. The van der Waals surface area contributed by atoms with Gasteiger partial charge in [0.05, 0.1) is 13.2 Å². The Morgan fingerprint density at radius 3 is 2.40 bits per heavy atom. The van der Waals surface area contributed by atoms with Gasteiger partial charge in [0.15, 0.2) is 0 Å². The lowest BCUT2D eigenvalue weighted by atomic mass is 10.1. The zero-order valence-corrected chi connectivity index (χ0v) is 14.9. The molecule has 0 aliphatic heterocycles. The van der Waals surface area contributed by atoms with Gasteiger partial charge in [0.1, 0.15) is 11.8 Å². The van der Waals surface area contributed by atoms with E-state index in [4.69, 9.17) is 14.2 Å². The molecular formula is C18H25NO6. The highest BCUT2D eigenvalue weighted by atomic mass is 16.5. The van der Waals surface area contributed by atoms with E-state index in [1.165, 1.54) is 6.92 Å². The fourth-order valence-corrected chi connectivity index (χ4v) is 2.18. The van der Waals surface area contributed by atoms with Crippen molar-refractivity contribution in [3.8, 4) is 5.75 Å². The van der Waals surface area contributed by atoms with Crippen molar-refractivity contribution < 1.29 is 28.6 Å². The van der Waals surface area contributed by atoms with Gasteiger partial charge in [-0.15, -0.1) is 0 Å². The van der Waals surface area contributed by atoms with E-state index in [2.05, 4.69) is 5.32 Å². The number of hydrogen-bond acceptors (Lipinski definition) is 7. The van der Waals surface area contributed by atoms with Crippen LogP contribution in [0.5, 0.6) is 5.75 Å². The zero-order valence-electron chi connectivity index (χ0n) is 14.9. The summed E-state index contributed by atoms with van der Waals surface area (Å²) in [6.07, 6.45) is 0.364. The molecule has 0 saturated heterocycles. The minimum Gasteiger partial charge on any atom is -0.466 e. The van der Waals surface area contributed by atoms with Crippen LogP contribution in [0.25, 0.3) is 0 Å². The summed E-state index contributed by atoms with van der Waals surface area (Å²) in [7, 11) is 0. The Kier molecular flexibility index (Phi) is 9.24. The monoisotopic (exact) mass is 351 g/mol. The molecule has 25 heavy (non-hydrogen) atoms. The van der Waals surface area contributed by atoms with Crippen LogP contribution in [0, 0.1) is 0 Å². The molecule has 1 atom stereocenters. The van der Waals surface area contributed by atoms with E-state index >= 15 is 0 Å². The van der Waals surface area contributed by atoms with Crippen LogP contribution < -0.4 is 10.1 Å². The second kappa shape index (κ2) is 11.2. The Balaban J connectivity index is 2.73. The highest BCUT2D eigenvalue weighted by Crippen LogP contribution is 2.18. The van der Waals surface area contributed by atoms with Crippen LogP contribution in [0.3, 0.4) is 0 Å². The normalized spacial score (nSPS) is 11.5. The third kappa shape index (κ3) is 7.80. The number of nitrogens with one attached hydrogen (secondary N) is 1. The fourth-order valence-electron chi connectivity index (χ4n) is 2.18. The molecule has 0 heterocycles. The summed E-state index contributed by atoms with van der Waals surface area (Å²) in [5, 5.41) is 3.06. The Labute approximate surface area is 147 Å². The van der Waals surface area contributed by atoms with E-state index in [0.717, 1.165) is 5.56 Å². The van der Waals surface area contributed by atoms with Crippen molar-refractivity contribution in [3.05, 3.63) is 29.8 Å². The van der Waals surface area contributed by atoms with Gasteiger partial charge in [-0.1, -0.05) is 18.2 Å². The van der Waals surface area contributed by atoms with E-state index in [9.17, 15) is 14.4 Å². The molecule has 1 N–H and O–H groups in total. The minimum atomic E-state index is -0.658. The summed E-state index contributed by atoms with van der Waals surface area (Å²) < 4.78 is 15.1. The molecule has 1 aromatic rings. The molecule has 0 bridgehead atoms. The third-order valence-corrected chi connectivity index (χ3v) is 3.28. The van der Waals surface area contributed by atoms with E-state index in [-0.39, 0.29) is 32.0 Å². The molecule has 0 spiro atoms. The van der Waals surface area contributed by atoms with Crippen LogP contribution >= 0.6 is 0 Å². The molecule has 0 amide bonds. The number of para-hydroxylation sites is 1. The van der Waals surface area contributed by atoms with E-state index in [0.29, 0.717) is 12.4 Å². The highest BCUT2D eigenvalue weighted by Gasteiger charge is 2.21. The Morgan fingerprint density at radius 2 is 1.76 bits per heavy atom. The summed E-state index contributed by atoms with van der Waals surface area (Å²) >= 11 is 0. The molecule has 7 heteroatoms. The van der Waals surface area contributed by atoms with Gasteiger partial charge in [0.2, 0.25) is 0 Å². The second-order valence-corrected chi connectivity index (χ2v) is 5.23. The van der Waals surface area contributed by atoms with Gasteiger partial charge in [-0.3, -0.25) is 14.4 Å². The van der Waals surface area contributed by atoms with Crippen molar-refractivity contribution in [1.29, 1.82) is 0 Å². The number of esters is 3.